The predicted molar refractivity (Wildman–Crippen MR) is 106 cm³/mol. The van der Waals surface area contributed by atoms with Gasteiger partial charge in [-0.05, 0) is 56.0 Å². The Hall–Kier alpha value is -2.65. The minimum atomic E-state index is 0.745. The van der Waals surface area contributed by atoms with Gasteiger partial charge in [0, 0.05) is 28.0 Å². The summed E-state index contributed by atoms with van der Waals surface area (Å²) in [6.07, 6.45) is 5.04. The number of pyridine rings is 1. The maximum absolute atomic E-state index is 5.71. The number of benzene rings is 2. The van der Waals surface area contributed by atoms with E-state index in [0.29, 0.717) is 0 Å². The largest absolute Gasteiger partial charge is 0.354 e. The Labute approximate surface area is 147 Å². The molecule has 2 heterocycles. The van der Waals surface area contributed by atoms with Crippen molar-refractivity contribution in [2.45, 2.75) is 26.2 Å². The molecule has 0 radical (unpaired) electrons. The number of rotatable bonds is 5. The van der Waals surface area contributed by atoms with E-state index >= 15 is 0 Å². The second-order valence-electron chi connectivity index (χ2n) is 6.60. The number of aromatic nitrogens is 2. The molecule has 0 bridgehead atoms. The molecule has 0 amide bonds. The molecule has 0 atom stereocenters. The number of H-pyrrole nitrogens is 1. The second kappa shape index (κ2) is 6.69. The number of nitrogens with zero attached hydrogens (tertiary/aromatic N) is 1. The lowest BCUT2D eigenvalue weighted by molar-refractivity contribution is 0.748. The van der Waals surface area contributed by atoms with Crippen LogP contribution in [0.25, 0.3) is 33.1 Å². The molecule has 3 heteroatoms. The van der Waals surface area contributed by atoms with Crippen LogP contribution in [-0.4, -0.2) is 16.5 Å². The topological polar surface area (TPSA) is 54.7 Å². The molecule has 0 aliphatic carbocycles. The fourth-order valence-corrected chi connectivity index (χ4v) is 3.68. The Morgan fingerprint density at radius 3 is 2.68 bits per heavy atom. The molecule has 0 aliphatic heterocycles. The molecule has 0 unspecified atom stereocenters. The van der Waals surface area contributed by atoms with Crippen LogP contribution in [0.1, 0.15) is 24.0 Å². The van der Waals surface area contributed by atoms with Crippen molar-refractivity contribution >= 4 is 21.8 Å². The van der Waals surface area contributed by atoms with E-state index in [9.17, 15) is 0 Å². The van der Waals surface area contributed by atoms with Gasteiger partial charge in [-0.15, -0.1) is 0 Å². The first-order valence-electron chi connectivity index (χ1n) is 8.94. The SMILES string of the molecule is Cc1cccc2c(CCCCN)c(-c3cccc4ncccc34)[nH]c12. The highest BCUT2D eigenvalue weighted by Gasteiger charge is 2.16. The van der Waals surface area contributed by atoms with Gasteiger partial charge in [0.1, 0.15) is 0 Å². The number of hydrogen-bond donors (Lipinski definition) is 2. The molecule has 0 saturated heterocycles. The molecule has 0 aliphatic rings. The van der Waals surface area contributed by atoms with Gasteiger partial charge in [-0.2, -0.15) is 0 Å². The molecule has 4 rings (SSSR count). The van der Waals surface area contributed by atoms with Crippen LogP contribution in [0, 0.1) is 6.92 Å². The zero-order chi connectivity index (χ0) is 17.2. The monoisotopic (exact) mass is 329 g/mol. The summed E-state index contributed by atoms with van der Waals surface area (Å²) in [5, 5.41) is 2.52. The van der Waals surface area contributed by atoms with Gasteiger partial charge in [-0.25, -0.2) is 0 Å². The molecule has 4 aromatic rings. The van der Waals surface area contributed by atoms with E-state index in [1.165, 1.54) is 38.7 Å². The van der Waals surface area contributed by atoms with Gasteiger partial charge in [0.05, 0.1) is 11.2 Å². The Bertz CT molecular complexity index is 1020. The van der Waals surface area contributed by atoms with Crippen LogP contribution in [0.3, 0.4) is 0 Å². The highest BCUT2D eigenvalue weighted by atomic mass is 14.7. The molecule has 2 aromatic carbocycles. The van der Waals surface area contributed by atoms with Crippen molar-refractivity contribution < 1.29 is 0 Å². The molecular weight excluding hydrogens is 306 g/mol. The average molecular weight is 329 g/mol. The first kappa shape index (κ1) is 15.9. The number of aromatic amines is 1. The fraction of sp³-hybridized carbons (Fsp3) is 0.227. The number of hydrogen-bond acceptors (Lipinski definition) is 2. The average Bonchev–Trinajstić information content (AvgIpc) is 3.01. The van der Waals surface area contributed by atoms with Crippen molar-refractivity contribution in [2.24, 2.45) is 5.73 Å². The van der Waals surface area contributed by atoms with Crippen LogP contribution < -0.4 is 5.73 Å². The molecule has 3 N–H and O–H groups in total. The van der Waals surface area contributed by atoms with Gasteiger partial charge in [-0.1, -0.05) is 36.4 Å². The van der Waals surface area contributed by atoms with E-state index in [1.54, 1.807) is 0 Å². The summed E-state index contributed by atoms with van der Waals surface area (Å²) in [7, 11) is 0. The zero-order valence-corrected chi connectivity index (χ0v) is 14.5. The lowest BCUT2D eigenvalue weighted by atomic mass is 9.97. The third-order valence-corrected chi connectivity index (χ3v) is 4.95. The minimum Gasteiger partial charge on any atom is -0.354 e. The fourth-order valence-electron chi connectivity index (χ4n) is 3.68. The quantitative estimate of drug-likeness (QED) is 0.508. The van der Waals surface area contributed by atoms with Crippen LogP contribution in [-0.2, 0) is 6.42 Å². The van der Waals surface area contributed by atoms with Crippen LogP contribution in [0.4, 0.5) is 0 Å². The molecule has 3 nitrogen and oxygen atoms in total. The molecule has 0 spiro atoms. The Balaban J connectivity index is 1.96. The highest BCUT2D eigenvalue weighted by Crippen LogP contribution is 2.36. The van der Waals surface area contributed by atoms with E-state index in [4.69, 9.17) is 5.73 Å². The third-order valence-electron chi connectivity index (χ3n) is 4.95. The van der Waals surface area contributed by atoms with Crippen LogP contribution in [0.5, 0.6) is 0 Å². The van der Waals surface area contributed by atoms with Gasteiger partial charge in [0.15, 0.2) is 0 Å². The van der Waals surface area contributed by atoms with Gasteiger partial charge >= 0.3 is 0 Å². The summed E-state index contributed by atoms with van der Waals surface area (Å²) < 4.78 is 0. The van der Waals surface area contributed by atoms with Crippen LogP contribution in [0.15, 0.2) is 54.7 Å². The van der Waals surface area contributed by atoms with Crippen molar-refractivity contribution in [3.05, 3.63) is 65.9 Å². The number of para-hydroxylation sites is 1. The minimum absolute atomic E-state index is 0.745. The number of aryl methyl sites for hydroxylation is 2. The summed E-state index contributed by atoms with van der Waals surface area (Å²) in [6, 6.07) is 17.0. The molecule has 25 heavy (non-hydrogen) atoms. The predicted octanol–water partition coefficient (Wildman–Crippen LogP) is 4.97. The maximum atomic E-state index is 5.71. The third kappa shape index (κ3) is 2.81. The zero-order valence-electron chi connectivity index (χ0n) is 14.5. The van der Waals surface area contributed by atoms with E-state index in [-0.39, 0.29) is 0 Å². The van der Waals surface area contributed by atoms with Crippen LogP contribution >= 0.6 is 0 Å². The number of nitrogens with two attached hydrogens (primary N) is 1. The normalized spacial score (nSPS) is 11.4. The summed E-state index contributed by atoms with van der Waals surface area (Å²) in [4.78, 5) is 8.22. The van der Waals surface area contributed by atoms with E-state index in [0.717, 1.165) is 31.3 Å². The number of nitrogens with one attached hydrogen (secondary N) is 1. The van der Waals surface area contributed by atoms with E-state index < -0.39 is 0 Å². The maximum Gasteiger partial charge on any atom is 0.0708 e. The standard InChI is InChI=1S/C22H23N3/c1-15-7-4-9-18-19(8-2-3-13-23)22(25-21(15)18)17-10-5-12-20-16(17)11-6-14-24-20/h4-7,9-12,14,25H,2-3,8,13,23H2,1H3. The number of unbranched alkanes of at least 4 members (excludes halogenated alkanes) is 1. The summed E-state index contributed by atoms with van der Waals surface area (Å²) in [5.41, 5.74) is 13.1. The second-order valence-corrected chi connectivity index (χ2v) is 6.60. The first-order valence-corrected chi connectivity index (χ1v) is 8.94. The van der Waals surface area contributed by atoms with E-state index in [2.05, 4.69) is 59.4 Å². The lowest BCUT2D eigenvalue weighted by Gasteiger charge is -2.08. The summed E-state index contributed by atoms with van der Waals surface area (Å²) >= 11 is 0. The van der Waals surface area contributed by atoms with Gasteiger partial charge < -0.3 is 10.7 Å². The van der Waals surface area contributed by atoms with E-state index in [1.807, 2.05) is 12.3 Å². The van der Waals surface area contributed by atoms with Gasteiger partial charge in [0.2, 0.25) is 0 Å². The Morgan fingerprint density at radius 1 is 0.960 bits per heavy atom. The van der Waals surface area contributed by atoms with Crippen molar-refractivity contribution in [3.63, 3.8) is 0 Å². The molecular formula is C22H23N3. The number of fused-ring (bicyclic) bond motifs is 2. The smallest absolute Gasteiger partial charge is 0.0708 e. The molecule has 126 valence electrons. The Morgan fingerprint density at radius 2 is 1.80 bits per heavy atom. The lowest BCUT2D eigenvalue weighted by Crippen LogP contribution is -1.99. The van der Waals surface area contributed by atoms with Gasteiger partial charge in [0.25, 0.3) is 0 Å². The molecule has 0 fully saturated rings. The van der Waals surface area contributed by atoms with Crippen molar-refractivity contribution in [3.8, 4) is 11.3 Å². The van der Waals surface area contributed by atoms with Crippen molar-refractivity contribution in [1.82, 2.24) is 9.97 Å². The Kier molecular flexibility index (Phi) is 4.24. The highest BCUT2D eigenvalue weighted by molar-refractivity contribution is 6.00. The summed E-state index contributed by atoms with van der Waals surface area (Å²) in [6.45, 7) is 2.91. The first-order chi connectivity index (χ1) is 12.3. The van der Waals surface area contributed by atoms with Crippen LogP contribution in [0.2, 0.25) is 0 Å². The molecule has 0 saturated carbocycles. The molecule has 2 aromatic heterocycles. The van der Waals surface area contributed by atoms with Gasteiger partial charge in [-0.3, -0.25) is 4.98 Å². The van der Waals surface area contributed by atoms with Crippen molar-refractivity contribution in [2.75, 3.05) is 6.54 Å². The summed E-state index contributed by atoms with van der Waals surface area (Å²) in [5.74, 6) is 0. The van der Waals surface area contributed by atoms with Crippen molar-refractivity contribution in [1.29, 1.82) is 0 Å².